The Morgan fingerprint density at radius 3 is 2.74 bits per heavy atom. The lowest BCUT2D eigenvalue weighted by Gasteiger charge is -2.40. The van der Waals surface area contributed by atoms with Crippen molar-refractivity contribution < 1.29 is 22.7 Å². The van der Waals surface area contributed by atoms with E-state index in [1.807, 2.05) is 18.2 Å². The smallest absolute Gasteiger partial charge is 0.389 e. The van der Waals surface area contributed by atoms with E-state index in [0.717, 1.165) is 38.2 Å². The van der Waals surface area contributed by atoms with Crippen LogP contribution in [-0.4, -0.2) is 49.8 Å². The maximum atomic E-state index is 12.2. The first-order valence-electron chi connectivity index (χ1n) is 11.3. The molecule has 0 spiro atoms. The van der Waals surface area contributed by atoms with Gasteiger partial charge >= 0.3 is 6.18 Å². The summed E-state index contributed by atoms with van der Waals surface area (Å²) in [7, 11) is 0. The summed E-state index contributed by atoms with van der Waals surface area (Å²) in [6, 6.07) is 5.78. The number of nitrogens with one attached hydrogen (secondary N) is 1. The third-order valence-corrected chi connectivity index (χ3v) is 6.48. The van der Waals surface area contributed by atoms with Crippen molar-refractivity contribution in [2.75, 3.05) is 32.8 Å². The Labute approximate surface area is 181 Å². The van der Waals surface area contributed by atoms with Crippen LogP contribution < -0.4 is 10.1 Å². The number of hydrogen-bond acceptors (Lipinski definition) is 3. The number of nitrogens with zero attached hydrogens (tertiary/aromatic N) is 1. The Bertz CT molecular complexity index is 827. The minimum Gasteiger partial charge on any atom is -0.494 e. The van der Waals surface area contributed by atoms with Crippen LogP contribution in [0.15, 0.2) is 23.8 Å². The summed E-state index contributed by atoms with van der Waals surface area (Å²) < 4.78 is 42.3. The van der Waals surface area contributed by atoms with E-state index in [2.05, 4.69) is 23.2 Å². The molecule has 1 amide bonds. The van der Waals surface area contributed by atoms with Crippen molar-refractivity contribution in [3.8, 4) is 5.75 Å². The molecular formula is C24H31F3N2O2. The lowest BCUT2D eigenvalue weighted by atomic mass is 9.83. The van der Waals surface area contributed by atoms with E-state index >= 15 is 0 Å². The number of ether oxygens (including phenoxy) is 1. The highest BCUT2D eigenvalue weighted by Crippen LogP contribution is 2.33. The number of halogens is 3. The third-order valence-electron chi connectivity index (χ3n) is 6.48. The Kier molecular flexibility index (Phi) is 6.60. The predicted octanol–water partition coefficient (Wildman–Crippen LogP) is 4.44. The van der Waals surface area contributed by atoms with Gasteiger partial charge in [-0.2, -0.15) is 13.2 Å². The predicted molar refractivity (Wildman–Crippen MR) is 114 cm³/mol. The normalized spacial score (nSPS) is 21.8. The lowest BCUT2D eigenvalue weighted by molar-refractivity contribution is -0.136. The summed E-state index contributed by atoms with van der Waals surface area (Å²) in [5.41, 5.74) is 3.68. The fraction of sp³-hybridized carbons (Fsp3) is 0.625. The molecule has 0 aromatic heterocycles. The number of alkyl halides is 3. The number of hydrogen-bond donors (Lipinski definition) is 1. The van der Waals surface area contributed by atoms with Crippen molar-refractivity contribution >= 4 is 12.0 Å². The minimum absolute atomic E-state index is 0.0313. The Hall–Kier alpha value is -2.02. The van der Waals surface area contributed by atoms with Gasteiger partial charge in [0.2, 0.25) is 5.91 Å². The second kappa shape index (κ2) is 9.23. The van der Waals surface area contributed by atoms with Crippen LogP contribution in [0.1, 0.15) is 43.7 Å². The molecule has 0 bridgehead atoms. The average molecular weight is 437 g/mol. The van der Waals surface area contributed by atoms with E-state index < -0.39 is 12.6 Å². The summed E-state index contributed by atoms with van der Waals surface area (Å²) >= 11 is 0. The molecule has 1 saturated carbocycles. The topological polar surface area (TPSA) is 41.6 Å². The van der Waals surface area contributed by atoms with Gasteiger partial charge in [-0.1, -0.05) is 24.6 Å². The molecule has 31 heavy (non-hydrogen) atoms. The van der Waals surface area contributed by atoms with Crippen LogP contribution in [0.3, 0.4) is 0 Å². The average Bonchev–Trinajstić information content (AvgIpc) is 3.50. The number of carbonyl (C=O) groups is 1. The fourth-order valence-electron chi connectivity index (χ4n) is 4.29. The van der Waals surface area contributed by atoms with Crippen molar-refractivity contribution in [3.05, 3.63) is 34.9 Å². The van der Waals surface area contributed by atoms with Crippen molar-refractivity contribution in [3.63, 3.8) is 0 Å². The molecule has 1 aromatic rings. The van der Waals surface area contributed by atoms with Crippen LogP contribution in [0, 0.1) is 17.8 Å². The fourth-order valence-corrected chi connectivity index (χ4v) is 4.29. The van der Waals surface area contributed by atoms with Crippen molar-refractivity contribution in [1.82, 2.24) is 10.2 Å². The summed E-state index contributed by atoms with van der Waals surface area (Å²) in [5.74, 6) is 2.03. The van der Waals surface area contributed by atoms with Gasteiger partial charge in [0.05, 0.1) is 12.5 Å². The number of benzene rings is 1. The van der Waals surface area contributed by atoms with Gasteiger partial charge < -0.3 is 10.1 Å². The highest BCUT2D eigenvalue weighted by molar-refractivity contribution is 5.80. The van der Waals surface area contributed by atoms with Gasteiger partial charge in [0, 0.05) is 32.6 Å². The van der Waals surface area contributed by atoms with Gasteiger partial charge in [-0.25, -0.2) is 0 Å². The largest absolute Gasteiger partial charge is 0.494 e. The summed E-state index contributed by atoms with van der Waals surface area (Å²) in [6.45, 7) is 5.62. The van der Waals surface area contributed by atoms with Gasteiger partial charge in [-0.15, -0.1) is 0 Å². The molecule has 3 aliphatic rings. The second-order valence-corrected chi connectivity index (χ2v) is 9.33. The molecule has 1 N–H and O–H groups in total. The quantitative estimate of drug-likeness (QED) is 0.582. The molecule has 4 nitrogen and oxygen atoms in total. The molecule has 0 unspecified atom stereocenters. The van der Waals surface area contributed by atoms with Crippen LogP contribution in [0.2, 0.25) is 0 Å². The SMILES string of the molecule is C[C@H]1Cc2cc(OCCCC(F)(F)F)ccc2C=C1CN1CC(C(=O)NCC2CC2)C1. The van der Waals surface area contributed by atoms with Crippen LogP contribution in [-0.2, 0) is 11.2 Å². The monoisotopic (exact) mass is 436 g/mol. The van der Waals surface area contributed by atoms with Crippen LogP contribution >= 0.6 is 0 Å². The summed E-state index contributed by atoms with van der Waals surface area (Å²) in [5, 5.41) is 3.08. The molecule has 1 saturated heterocycles. The first-order chi connectivity index (χ1) is 14.8. The van der Waals surface area contributed by atoms with Crippen molar-refractivity contribution in [2.45, 2.75) is 45.2 Å². The molecule has 1 aliphatic heterocycles. The maximum absolute atomic E-state index is 12.2. The number of carbonyl (C=O) groups excluding carboxylic acids is 1. The molecule has 2 aliphatic carbocycles. The van der Waals surface area contributed by atoms with Gasteiger partial charge in [-0.3, -0.25) is 9.69 Å². The zero-order valence-electron chi connectivity index (χ0n) is 18.0. The first-order valence-corrected chi connectivity index (χ1v) is 11.3. The van der Waals surface area contributed by atoms with Gasteiger partial charge in [0.1, 0.15) is 5.75 Å². The molecule has 0 radical (unpaired) electrons. The van der Waals surface area contributed by atoms with E-state index in [-0.39, 0.29) is 24.9 Å². The van der Waals surface area contributed by atoms with Crippen LogP contribution in [0.5, 0.6) is 5.75 Å². The Balaban J connectivity index is 1.25. The highest BCUT2D eigenvalue weighted by Gasteiger charge is 2.34. The molecule has 1 atom stereocenters. The van der Waals surface area contributed by atoms with Crippen molar-refractivity contribution in [1.29, 1.82) is 0 Å². The molecule has 170 valence electrons. The van der Waals surface area contributed by atoms with Crippen LogP contribution in [0.25, 0.3) is 6.08 Å². The standard InChI is InChI=1S/C24H31F3N2O2/c1-16-9-19-11-22(31-8-2-7-24(25,26)27)6-5-18(19)10-20(16)13-29-14-21(15-29)23(30)28-12-17-3-4-17/h5-6,10-11,16-17,21H,2-4,7-9,12-15H2,1H3,(H,28,30)/t16-/m0/s1. The number of fused-ring (bicyclic) bond motifs is 1. The van der Waals surface area contributed by atoms with E-state index in [0.29, 0.717) is 17.6 Å². The van der Waals surface area contributed by atoms with E-state index in [1.165, 1.54) is 24.0 Å². The molecule has 2 fully saturated rings. The molecular weight excluding hydrogens is 405 g/mol. The van der Waals surface area contributed by atoms with Crippen LogP contribution in [0.4, 0.5) is 13.2 Å². The van der Waals surface area contributed by atoms with Gasteiger partial charge in [0.25, 0.3) is 0 Å². The van der Waals surface area contributed by atoms with E-state index in [1.54, 1.807) is 0 Å². The molecule has 1 heterocycles. The first kappa shape index (κ1) is 22.2. The molecule has 7 heteroatoms. The van der Waals surface area contributed by atoms with Crippen molar-refractivity contribution in [2.24, 2.45) is 17.8 Å². The lowest BCUT2D eigenvalue weighted by Crippen LogP contribution is -2.54. The van der Waals surface area contributed by atoms with Gasteiger partial charge in [0.15, 0.2) is 0 Å². The minimum atomic E-state index is -4.13. The maximum Gasteiger partial charge on any atom is 0.389 e. The molecule has 1 aromatic carbocycles. The Morgan fingerprint density at radius 2 is 2.03 bits per heavy atom. The third kappa shape index (κ3) is 6.25. The number of likely N-dealkylation sites (tertiary alicyclic amines) is 1. The summed E-state index contributed by atoms with van der Waals surface area (Å²) in [4.78, 5) is 14.5. The highest BCUT2D eigenvalue weighted by atomic mass is 19.4. The summed E-state index contributed by atoms with van der Waals surface area (Å²) in [6.07, 6.45) is 0.619. The van der Waals surface area contributed by atoms with E-state index in [9.17, 15) is 18.0 Å². The zero-order valence-corrected chi connectivity index (χ0v) is 18.0. The Morgan fingerprint density at radius 1 is 1.26 bits per heavy atom. The zero-order chi connectivity index (χ0) is 22.0. The van der Waals surface area contributed by atoms with E-state index in [4.69, 9.17) is 4.74 Å². The number of rotatable bonds is 9. The molecule has 4 rings (SSSR count). The van der Waals surface area contributed by atoms with Gasteiger partial charge in [-0.05, 0) is 60.8 Å². The number of amides is 1. The second-order valence-electron chi connectivity index (χ2n) is 9.33.